The number of hydrogen-bond acceptors (Lipinski definition) is 2. The maximum atomic E-state index is 14.3. The first kappa shape index (κ1) is 23.9. The summed E-state index contributed by atoms with van der Waals surface area (Å²) in [6, 6.07) is 8.54. The first-order chi connectivity index (χ1) is 16.9. The summed E-state index contributed by atoms with van der Waals surface area (Å²) in [6.07, 6.45) is 11.1. The van der Waals surface area contributed by atoms with Gasteiger partial charge >= 0.3 is 0 Å². The van der Waals surface area contributed by atoms with Crippen LogP contribution in [0.5, 0.6) is 0 Å². The monoisotopic (exact) mass is 476 g/mol. The third-order valence-electron chi connectivity index (χ3n) is 8.63. The number of carbonyl (C=O) groups is 1. The highest BCUT2D eigenvalue weighted by atomic mass is 19.1. The predicted octanol–water partition coefficient (Wildman–Crippen LogP) is 7.61. The van der Waals surface area contributed by atoms with Gasteiger partial charge < -0.3 is 14.3 Å². The Kier molecular flexibility index (Phi) is 6.37. The van der Waals surface area contributed by atoms with Crippen LogP contribution in [0.1, 0.15) is 71.8 Å². The molecule has 0 bridgehead atoms. The van der Waals surface area contributed by atoms with Gasteiger partial charge in [-0.25, -0.2) is 0 Å². The van der Waals surface area contributed by atoms with Gasteiger partial charge in [0.1, 0.15) is 5.76 Å². The molecule has 5 rings (SSSR count). The second kappa shape index (κ2) is 9.33. The molecule has 3 heterocycles. The number of fused-ring (bicyclic) bond motifs is 2. The number of furan rings is 1. The smallest absolute Gasteiger partial charge is 0.278 e. The molecule has 1 saturated carbocycles. The fourth-order valence-electron chi connectivity index (χ4n) is 6.90. The molecule has 5 heteroatoms. The van der Waals surface area contributed by atoms with Crippen molar-refractivity contribution in [2.45, 2.75) is 77.7 Å². The van der Waals surface area contributed by atoms with Crippen LogP contribution < -0.4 is 0 Å². The number of benzene rings is 1. The molecule has 3 aromatic rings. The predicted molar refractivity (Wildman–Crippen MR) is 139 cm³/mol. The van der Waals surface area contributed by atoms with Crippen LogP contribution in [-0.4, -0.2) is 28.4 Å². The minimum Gasteiger partial charge on any atom is -0.431 e. The lowest BCUT2D eigenvalue weighted by atomic mass is 9.67. The van der Waals surface area contributed by atoms with Crippen LogP contribution in [0.15, 0.2) is 52.6 Å². The number of nitrogens with zero attached hydrogens (tertiary/aromatic N) is 1. The first-order valence-electron chi connectivity index (χ1n) is 13.2. The van der Waals surface area contributed by atoms with Gasteiger partial charge in [-0.2, -0.15) is 4.39 Å². The summed E-state index contributed by atoms with van der Waals surface area (Å²) in [7, 11) is 0. The average molecular weight is 477 g/mol. The van der Waals surface area contributed by atoms with E-state index in [2.05, 4.69) is 29.8 Å². The second-order valence-corrected chi connectivity index (χ2v) is 10.8. The van der Waals surface area contributed by atoms with Gasteiger partial charge in [0.15, 0.2) is 0 Å². The third kappa shape index (κ3) is 4.03. The van der Waals surface area contributed by atoms with Crippen LogP contribution in [0.4, 0.5) is 4.39 Å². The topological polar surface area (TPSA) is 49.2 Å². The molecule has 1 amide bonds. The molecule has 1 aliphatic heterocycles. The Morgan fingerprint density at radius 2 is 2.03 bits per heavy atom. The van der Waals surface area contributed by atoms with Gasteiger partial charge in [-0.05, 0) is 82.4 Å². The molecule has 3 unspecified atom stereocenters. The summed E-state index contributed by atoms with van der Waals surface area (Å²) in [5, 5.41) is 0.928. The highest BCUT2D eigenvalue weighted by molar-refractivity contribution is 6.01. The Labute approximate surface area is 207 Å². The molecular weight excluding hydrogens is 439 g/mol. The third-order valence-corrected chi connectivity index (χ3v) is 8.63. The number of likely N-dealkylation sites (tertiary alicyclic amines) is 1. The van der Waals surface area contributed by atoms with E-state index in [1.54, 1.807) is 11.6 Å². The highest BCUT2D eigenvalue weighted by Gasteiger charge is 2.45. The fourth-order valence-corrected chi connectivity index (χ4v) is 6.90. The van der Waals surface area contributed by atoms with E-state index in [1.165, 1.54) is 25.3 Å². The summed E-state index contributed by atoms with van der Waals surface area (Å²) in [4.78, 5) is 19.9. The molecular formula is C30H37FN2O2. The number of halogens is 1. The second-order valence-electron chi connectivity index (χ2n) is 10.8. The van der Waals surface area contributed by atoms with Crippen LogP contribution >= 0.6 is 0 Å². The minimum absolute atomic E-state index is 0.188. The van der Waals surface area contributed by atoms with Gasteiger partial charge in [0.05, 0.1) is 5.41 Å². The number of aromatic amines is 1. The molecule has 2 aromatic heterocycles. The molecule has 186 valence electrons. The summed E-state index contributed by atoms with van der Waals surface area (Å²) in [5.74, 6) is 1.81. The minimum atomic E-state index is -0.734. The van der Waals surface area contributed by atoms with E-state index < -0.39 is 11.4 Å². The Bertz CT molecular complexity index is 1250. The van der Waals surface area contributed by atoms with Crippen molar-refractivity contribution in [2.24, 2.45) is 11.8 Å². The first-order valence-corrected chi connectivity index (χ1v) is 13.2. The molecule has 1 aromatic carbocycles. The van der Waals surface area contributed by atoms with E-state index in [9.17, 15) is 9.18 Å². The number of H-pyrrole nitrogens is 1. The van der Waals surface area contributed by atoms with Crippen LogP contribution in [0.2, 0.25) is 0 Å². The molecule has 1 saturated heterocycles. The zero-order valence-corrected chi connectivity index (χ0v) is 21.4. The van der Waals surface area contributed by atoms with Crippen molar-refractivity contribution in [2.75, 3.05) is 6.54 Å². The molecule has 4 nitrogen and oxygen atoms in total. The molecule has 0 radical (unpaired) electrons. The van der Waals surface area contributed by atoms with Crippen LogP contribution in [0.3, 0.4) is 0 Å². The number of nitrogens with one attached hydrogen (secondary N) is 1. The van der Waals surface area contributed by atoms with Gasteiger partial charge in [-0.3, -0.25) is 4.79 Å². The number of allylic oxidation sites excluding steroid dienone is 2. The Morgan fingerprint density at radius 1 is 1.20 bits per heavy atom. The quantitative estimate of drug-likeness (QED) is 0.385. The summed E-state index contributed by atoms with van der Waals surface area (Å²) < 4.78 is 19.0. The maximum Gasteiger partial charge on any atom is 0.278 e. The van der Waals surface area contributed by atoms with Gasteiger partial charge in [-0.15, -0.1) is 0 Å². The Morgan fingerprint density at radius 3 is 2.74 bits per heavy atom. The maximum absolute atomic E-state index is 14.3. The van der Waals surface area contributed by atoms with Crippen LogP contribution in [0, 0.1) is 17.8 Å². The zero-order chi connectivity index (χ0) is 24.7. The summed E-state index contributed by atoms with van der Waals surface area (Å²) >= 11 is 0. The molecule has 0 spiro atoms. The lowest BCUT2D eigenvalue weighted by molar-refractivity contribution is -0.143. The van der Waals surface area contributed by atoms with Crippen molar-refractivity contribution in [1.29, 1.82) is 0 Å². The van der Waals surface area contributed by atoms with E-state index in [4.69, 9.17) is 4.42 Å². The standard InChI is InChI=1S/C30H37FN2O2/c1-5-19(6-2)20-10-8-14-25-21(20)12-9-17-33(25)29(34)30(3,4)23-18-32-24-13-7-11-22(28(23)24)26-15-16-27(31)35-26/h5,7,11,13,15-16,18,20-21,25,32H,6,8-10,12,14,17H2,1-4H3. The summed E-state index contributed by atoms with van der Waals surface area (Å²) in [5.41, 5.74) is 3.48. The van der Waals surface area contributed by atoms with Gasteiger partial charge in [0.25, 0.3) is 6.01 Å². The Hall–Kier alpha value is -2.82. The zero-order valence-electron chi connectivity index (χ0n) is 21.4. The molecule has 1 aliphatic carbocycles. The largest absolute Gasteiger partial charge is 0.431 e. The van der Waals surface area contributed by atoms with Gasteiger partial charge in [0, 0.05) is 41.3 Å². The fraction of sp³-hybridized carbons (Fsp3) is 0.500. The van der Waals surface area contributed by atoms with E-state index in [-0.39, 0.29) is 5.91 Å². The lowest BCUT2D eigenvalue weighted by Gasteiger charge is -2.50. The van der Waals surface area contributed by atoms with Crippen LogP contribution in [0.25, 0.3) is 22.2 Å². The van der Waals surface area contributed by atoms with Crippen molar-refractivity contribution < 1.29 is 13.6 Å². The van der Waals surface area contributed by atoms with E-state index in [0.717, 1.165) is 47.8 Å². The number of aromatic nitrogens is 1. The van der Waals surface area contributed by atoms with Gasteiger partial charge in [0.2, 0.25) is 5.91 Å². The number of rotatable bonds is 5. The van der Waals surface area contributed by atoms with Crippen molar-refractivity contribution in [3.05, 3.63) is 59.8 Å². The van der Waals surface area contributed by atoms with Crippen molar-refractivity contribution >= 4 is 16.8 Å². The van der Waals surface area contributed by atoms with E-state index in [1.807, 2.05) is 38.2 Å². The summed E-state index contributed by atoms with van der Waals surface area (Å²) in [6.45, 7) is 9.31. The van der Waals surface area contributed by atoms with Crippen LogP contribution in [-0.2, 0) is 10.2 Å². The van der Waals surface area contributed by atoms with E-state index >= 15 is 0 Å². The highest BCUT2D eigenvalue weighted by Crippen LogP contribution is 2.45. The number of amides is 1. The number of piperidine rings is 1. The lowest BCUT2D eigenvalue weighted by Crippen LogP contribution is -2.56. The molecule has 3 atom stereocenters. The normalized spacial score (nSPS) is 23.5. The average Bonchev–Trinajstić information content (AvgIpc) is 3.51. The van der Waals surface area contributed by atoms with Gasteiger partial charge in [-0.1, -0.05) is 37.1 Å². The molecule has 2 aliphatic rings. The molecule has 1 N–H and O–H groups in total. The molecule has 35 heavy (non-hydrogen) atoms. The van der Waals surface area contributed by atoms with Crippen molar-refractivity contribution in [1.82, 2.24) is 9.88 Å². The van der Waals surface area contributed by atoms with E-state index in [0.29, 0.717) is 23.6 Å². The number of carbonyl (C=O) groups excluding carboxylic acids is 1. The van der Waals surface area contributed by atoms with Crippen molar-refractivity contribution in [3.8, 4) is 11.3 Å². The number of hydrogen-bond donors (Lipinski definition) is 1. The van der Waals surface area contributed by atoms with Crippen molar-refractivity contribution in [3.63, 3.8) is 0 Å². The SMILES string of the molecule is CC=C(CC)C1CCCC2C1CCCN2C(=O)C(C)(C)c1c[nH]c2cccc(-c3ccc(F)o3)c12. The Balaban J connectivity index is 1.51. The molecule has 2 fully saturated rings.